The van der Waals surface area contributed by atoms with Crippen LogP contribution in [0.15, 0.2) is 6.33 Å². The summed E-state index contributed by atoms with van der Waals surface area (Å²) in [6.07, 6.45) is 8.61. The number of anilines is 2. The van der Waals surface area contributed by atoms with Crippen LogP contribution in [-0.2, 0) is 0 Å². The molecule has 1 saturated heterocycles. The van der Waals surface area contributed by atoms with Crippen LogP contribution in [0.3, 0.4) is 0 Å². The number of ether oxygens (including phenoxy) is 1. The highest BCUT2D eigenvalue weighted by molar-refractivity contribution is 5.68. The average Bonchev–Trinajstić information content (AvgIpc) is 2.47. The first kappa shape index (κ1) is 14.9. The third-order valence-corrected chi connectivity index (χ3v) is 3.79. The van der Waals surface area contributed by atoms with Crippen LogP contribution in [0.5, 0.6) is 5.88 Å². The van der Waals surface area contributed by atoms with E-state index in [4.69, 9.17) is 10.5 Å². The molecular formula is C15H26N4O. The summed E-state index contributed by atoms with van der Waals surface area (Å²) in [5.74, 6) is 1.38. The van der Waals surface area contributed by atoms with Crippen molar-refractivity contribution in [2.45, 2.75) is 58.4 Å². The number of nitrogens with two attached hydrogens (primary N) is 1. The summed E-state index contributed by atoms with van der Waals surface area (Å²) < 4.78 is 5.61. The molecule has 5 nitrogen and oxygen atoms in total. The number of aromatic nitrogens is 2. The Morgan fingerprint density at radius 3 is 2.90 bits per heavy atom. The first-order valence-electron chi connectivity index (χ1n) is 7.77. The zero-order chi connectivity index (χ0) is 14.4. The third kappa shape index (κ3) is 3.32. The maximum Gasteiger partial charge on any atom is 0.242 e. The molecule has 0 saturated carbocycles. The van der Waals surface area contributed by atoms with E-state index in [0.717, 1.165) is 18.8 Å². The molecule has 1 unspecified atom stereocenters. The summed E-state index contributed by atoms with van der Waals surface area (Å²) in [5, 5.41) is 0. The molecule has 5 heteroatoms. The molecule has 20 heavy (non-hydrogen) atoms. The minimum absolute atomic E-state index is 0.526. The highest BCUT2D eigenvalue weighted by Crippen LogP contribution is 2.33. The van der Waals surface area contributed by atoms with Gasteiger partial charge >= 0.3 is 0 Å². The highest BCUT2D eigenvalue weighted by atomic mass is 16.5. The predicted octanol–water partition coefficient (Wildman–Crippen LogP) is 3.01. The fourth-order valence-corrected chi connectivity index (χ4v) is 2.83. The van der Waals surface area contributed by atoms with Gasteiger partial charge in [-0.15, -0.1) is 0 Å². The molecule has 112 valence electrons. The third-order valence-electron chi connectivity index (χ3n) is 3.79. The van der Waals surface area contributed by atoms with Crippen LogP contribution in [0.2, 0.25) is 0 Å². The van der Waals surface area contributed by atoms with Crippen molar-refractivity contribution in [3.05, 3.63) is 6.33 Å². The standard InChI is InChI=1S/C15H26N4O/c1-3-7-12-8-5-6-9-19(12)14-13(16)15(18-11-17-14)20-10-4-2/h11-12H,3-10,16H2,1-2H3. The molecule has 0 bridgehead atoms. The molecule has 2 N–H and O–H groups in total. The summed E-state index contributed by atoms with van der Waals surface area (Å²) in [6, 6.07) is 0.546. The number of hydrogen-bond donors (Lipinski definition) is 1. The monoisotopic (exact) mass is 278 g/mol. The van der Waals surface area contributed by atoms with Crippen LogP contribution in [0.4, 0.5) is 11.5 Å². The second kappa shape index (κ2) is 7.31. The Morgan fingerprint density at radius 2 is 2.15 bits per heavy atom. The van der Waals surface area contributed by atoms with Gasteiger partial charge in [0.05, 0.1) is 6.61 Å². The van der Waals surface area contributed by atoms with Crippen LogP contribution in [0.1, 0.15) is 52.4 Å². The maximum atomic E-state index is 6.22. The summed E-state index contributed by atoms with van der Waals surface area (Å²) in [5.41, 5.74) is 6.81. The quantitative estimate of drug-likeness (QED) is 0.866. The van der Waals surface area contributed by atoms with Gasteiger partial charge in [0, 0.05) is 12.6 Å². The lowest BCUT2D eigenvalue weighted by molar-refractivity contribution is 0.306. The first-order valence-corrected chi connectivity index (χ1v) is 7.77. The summed E-state index contributed by atoms with van der Waals surface area (Å²) >= 11 is 0. The van der Waals surface area contributed by atoms with Gasteiger partial charge in [-0.2, -0.15) is 4.98 Å². The van der Waals surface area contributed by atoms with E-state index in [2.05, 4.69) is 28.7 Å². The normalized spacial score (nSPS) is 19.1. The summed E-state index contributed by atoms with van der Waals surface area (Å²) in [6.45, 7) is 5.96. The molecule has 0 spiro atoms. The van der Waals surface area contributed by atoms with E-state index >= 15 is 0 Å². The fraction of sp³-hybridized carbons (Fsp3) is 0.733. The molecule has 0 aromatic carbocycles. The van der Waals surface area contributed by atoms with Gasteiger partial charge in [-0.05, 0) is 32.1 Å². The molecule has 2 heterocycles. The van der Waals surface area contributed by atoms with E-state index < -0.39 is 0 Å². The molecule has 1 aromatic heterocycles. The number of hydrogen-bond acceptors (Lipinski definition) is 5. The second-order valence-corrected chi connectivity index (χ2v) is 5.40. The largest absolute Gasteiger partial charge is 0.476 e. The molecule has 1 atom stereocenters. The minimum atomic E-state index is 0.526. The predicted molar refractivity (Wildman–Crippen MR) is 82.1 cm³/mol. The van der Waals surface area contributed by atoms with E-state index in [9.17, 15) is 0 Å². The average molecular weight is 278 g/mol. The SMILES string of the molecule is CCCOc1ncnc(N2CCCCC2CCC)c1N. The zero-order valence-electron chi connectivity index (χ0n) is 12.6. The van der Waals surface area contributed by atoms with Crippen LogP contribution in [0.25, 0.3) is 0 Å². The first-order chi connectivity index (χ1) is 9.77. The molecule has 0 amide bonds. The lowest BCUT2D eigenvalue weighted by atomic mass is 9.98. The van der Waals surface area contributed by atoms with Gasteiger partial charge < -0.3 is 15.4 Å². The lowest BCUT2D eigenvalue weighted by Gasteiger charge is -2.37. The highest BCUT2D eigenvalue weighted by Gasteiger charge is 2.25. The molecule has 1 aliphatic heterocycles. The maximum absolute atomic E-state index is 6.22. The van der Waals surface area contributed by atoms with E-state index in [0.29, 0.717) is 24.2 Å². The number of piperidine rings is 1. The number of rotatable bonds is 6. The van der Waals surface area contributed by atoms with Crippen molar-refractivity contribution in [1.82, 2.24) is 9.97 Å². The van der Waals surface area contributed by atoms with Crippen LogP contribution >= 0.6 is 0 Å². The van der Waals surface area contributed by atoms with Crippen LogP contribution in [-0.4, -0.2) is 29.2 Å². The number of nitrogens with zero attached hydrogens (tertiary/aromatic N) is 3. The van der Waals surface area contributed by atoms with Gasteiger partial charge in [-0.25, -0.2) is 4.98 Å². The van der Waals surface area contributed by atoms with Crippen LogP contribution in [0, 0.1) is 0 Å². The van der Waals surface area contributed by atoms with Crippen LogP contribution < -0.4 is 15.4 Å². The molecular weight excluding hydrogens is 252 g/mol. The Bertz CT molecular complexity index is 422. The Morgan fingerprint density at radius 1 is 1.30 bits per heavy atom. The molecule has 0 aliphatic carbocycles. The van der Waals surface area contributed by atoms with E-state index in [1.54, 1.807) is 6.33 Å². The van der Waals surface area contributed by atoms with Gasteiger partial charge in [-0.3, -0.25) is 0 Å². The molecule has 1 aromatic rings. The summed E-state index contributed by atoms with van der Waals surface area (Å²) in [4.78, 5) is 10.9. The van der Waals surface area contributed by atoms with E-state index in [-0.39, 0.29) is 0 Å². The van der Waals surface area contributed by atoms with Crippen molar-refractivity contribution in [2.24, 2.45) is 0 Å². The van der Waals surface area contributed by atoms with Gasteiger partial charge in [0.15, 0.2) is 5.82 Å². The van der Waals surface area contributed by atoms with Gasteiger partial charge in [0.2, 0.25) is 5.88 Å². The number of nitrogen functional groups attached to an aromatic ring is 1. The van der Waals surface area contributed by atoms with Gasteiger partial charge in [0.25, 0.3) is 0 Å². The van der Waals surface area contributed by atoms with Crippen molar-refractivity contribution in [3.8, 4) is 5.88 Å². The fourth-order valence-electron chi connectivity index (χ4n) is 2.83. The lowest BCUT2D eigenvalue weighted by Crippen LogP contribution is -2.40. The topological polar surface area (TPSA) is 64.3 Å². The van der Waals surface area contributed by atoms with Gasteiger partial charge in [-0.1, -0.05) is 20.3 Å². The zero-order valence-corrected chi connectivity index (χ0v) is 12.6. The Hall–Kier alpha value is -1.52. The van der Waals surface area contributed by atoms with Crippen molar-refractivity contribution in [2.75, 3.05) is 23.8 Å². The molecule has 2 rings (SSSR count). The van der Waals surface area contributed by atoms with Crippen molar-refractivity contribution >= 4 is 11.5 Å². The molecule has 0 radical (unpaired) electrons. The molecule has 1 fully saturated rings. The van der Waals surface area contributed by atoms with Crippen molar-refractivity contribution in [3.63, 3.8) is 0 Å². The summed E-state index contributed by atoms with van der Waals surface area (Å²) in [7, 11) is 0. The Labute approximate surface area is 121 Å². The van der Waals surface area contributed by atoms with E-state index in [1.807, 2.05) is 0 Å². The second-order valence-electron chi connectivity index (χ2n) is 5.40. The molecule has 1 aliphatic rings. The van der Waals surface area contributed by atoms with Crippen molar-refractivity contribution < 1.29 is 4.74 Å². The minimum Gasteiger partial charge on any atom is -0.476 e. The smallest absolute Gasteiger partial charge is 0.242 e. The van der Waals surface area contributed by atoms with E-state index in [1.165, 1.54) is 32.1 Å². The Kier molecular flexibility index (Phi) is 5.44. The van der Waals surface area contributed by atoms with Crippen molar-refractivity contribution in [1.29, 1.82) is 0 Å². The Balaban J connectivity index is 2.21. The van der Waals surface area contributed by atoms with Gasteiger partial charge in [0.1, 0.15) is 12.0 Å².